The van der Waals surface area contributed by atoms with Gasteiger partial charge in [-0.1, -0.05) is 13.8 Å². The molecular formula is C14H25N3O3. The Bertz CT molecular complexity index is 434. The second-order valence-corrected chi connectivity index (χ2v) is 5.04. The molecule has 0 aliphatic carbocycles. The van der Waals surface area contributed by atoms with E-state index in [0.29, 0.717) is 11.6 Å². The van der Waals surface area contributed by atoms with Crippen molar-refractivity contribution in [3.05, 3.63) is 11.9 Å². The van der Waals surface area contributed by atoms with E-state index in [1.165, 1.54) is 20.4 Å². The third-order valence-electron chi connectivity index (χ3n) is 3.65. The molecular weight excluding hydrogens is 258 g/mol. The number of hydrogen-bond acceptors (Lipinski definition) is 6. The number of likely N-dealkylation sites (N-methyl/N-ethyl adjacent to an activating group) is 1. The fourth-order valence-electron chi connectivity index (χ4n) is 2.35. The molecule has 0 aromatic carbocycles. The Morgan fingerprint density at radius 1 is 1.25 bits per heavy atom. The van der Waals surface area contributed by atoms with Crippen molar-refractivity contribution >= 4 is 0 Å². The van der Waals surface area contributed by atoms with Crippen LogP contribution >= 0.6 is 0 Å². The minimum atomic E-state index is -0.809. The number of aliphatic hydroxyl groups excluding tert-OH is 1. The van der Waals surface area contributed by atoms with Gasteiger partial charge in [0.15, 0.2) is 0 Å². The minimum absolute atomic E-state index is 0.289. The molecule has 0 saturated heterocycles. The highest BCUT2D eigenvalue weighted by Crippen LogP contribution is 2.34. The summed E-state index contributed by atoms with van der Waals surface area (Å²) in [5, 5.41) is 10.7. The molecule has 1 N–H and O–H groups in total. The van der Waals surface area contributed by atoms with Gasteiger partial charge < -0.3 is 14.6 Å². The van der Waals surface area contributed by atoms with Crippen LogP contribution in [0.1, 0.15) is 39.5 Å². The van der Waals surface area contributed by atoms with E-state index >= 15 is 0 Å². The summed E-state index contributed by atoms with van der Waals surface area (Å²) in [4.78, 5) is 10.6. The molecule has 0 amide bonds. The molecule has 1 heterocycles. The smallest absolute Gasteiger partial charge is 0.241 e. The van der Waals surface area contributed by atoms with Crippen LogP contribution in [0.15, 0.2) is 6.20 Å². The second-order valence-electron chi connectivity index (χ2n) is 5.04. The zero-order valence-corrected chi connectivity index (χ0v) is 13.2. The fourth-order valence-corrected chi connectivity index (χ4v) is 2.35. The van der Waals surface area contributed by atoms with Gasteiger partial charge in [-0.2, -0.15) is 4.98 Å². The molecule has 1 aromatic rings. The summed E-state index contributed by atoms with van der Waals surface area (Å²) in [6.45, 7) is 9.77. The first-order chi connectivity index (χ1) is 9.42. The number of aromatic nitrogens is 2. The van der Waals surface area contributed by atoms with E-state index in [0.717, 1.165) is 13.1 Å². The van der Waals surface area contributed by atoms with E-state index < -0.39 is 11.6 Å². The first kappa shape index (κ1) is 16.7. The normalized spacial score (nSPS) is 13.4. The van der Waals surface area contributed by atoms with Crippen molar-refractivity contribution in [1.29, 1.82) is 0 Å². The molecule has 0 bridgehead atoms. The topological polar surface area (TPSA) is 67.7 Å². The fraction of sp³-hybridized carbons (Fsp3) is 0.714. The second kappa shape index (κ2) is 6.85. The van der Waals surface area contributed by atoms with Crippen LogP contribution in [0, 0.1) is 0 Å². The SMILES string of the molecule is CCN(CC)C(C)(C)C(O)c1ncc(OC)nc1OC. The number of aliphatic hydroxyl groups is 1. The number of nitrogens with zero attached hydrogens (tertiary/aromatic N) is 3. The largest absolute Gasteiger partial charge is 0.480 e. The van der Waals surface area contributed by atoms with E-state index in [1.54, 1.807) is 0 Å². The van der Waals surface area contributed by atoms with E-state index in [1.807, 2.05) is 13.8 Å². The van der Waals surface area contributed by atoms with Crippen molar-refractivity contribution in [2.45, 2.75) is 39.3 Å². The monoisotopic (exact) mass is 283 g/mol. The summed E-state index contributed by atoms with van der Waals surface area (Å²) >= 11 is 0. The molecule has 1 unspecified atom stereocenters. The maximum Gasteiger partial charge on any atom is 0.241 e. The summed E-state index contributed by atoms with van der Waals surface area (Å²) < 4.78 is 10.2. The molecule has 20 heavy (non-hydrogen) atoms. The number of rotatable bonds is 7. The molecule has 0 fully saturated rings. The van der Waals surface area contributed by atoms with Gasteiger partial charge in [0.1, 0.15) is 11.8 Å². The standard InChI is InChI=1S/C14H25N3O3/c1-7-17(8-2)14(3,4)12(18)11-13(20-6)16-10(19-5)9-15-11/h9,12,18H,7-8H2,1-6H3. The van der Waals surface area contributed by atoms with Crippen molar-refractivity contribution < 1.29 is 14.6 Å². The maximum atomic E-state index is 10.7. The molecule has 0 saturated carbocycles. The van der Waals surface area contributed by atoms with Crippen LogP contribution in [0.25, 0.3) is 0 Å². The number of hydrogen-bond donors (Lipinski definition) is 1. The molecule has 114 valence electrons. The Labute approximate surface area is 120 Å². The number of methoxy groups -OCH3 is 2. The van der Waals surface area contributed by atoms with Gasteiger partial charge in [0, 0.05) is 5.54 Å². The molecule has 0 spiro atoms. The van der Waals surface area contributed by atoms with Crippen LogP contribution in [0.5, 0.6) is 11.8 Å². The highest BCUT2D eigenvalue weighted by atomic mass is 16.5. The Morgan fingerprint density at radius 3 is 2.30 bits per heavy atom. The third-order valence-corrected chi connectivity index (χ3v) is 3.65. The van der Waals surface area contributed by atoms with Gasteiger partial charge >= 0.3 is 0 Å². The first-order valence-electron chi connectivity index (χ1n) is 6.80. The third kappa shape index (κ3) is 3.19. The Kier molecular flexibility index (Phi) is 5.71. The molecule has 0 aliphatic rings. The molecule has 1 atom stereocenters. The lowest BCUT2D eigenvalue weighted by atomic mass is 9.92. The van der Waals surface area contributed by atoms with Crippen molar-refractivity contribution in [2.24, 2.45) is 0 Å². The molecule has 6 nitrogen and oxygen atoms in total. The Hall–Kier alpha value is -1.40. The highest BCUT2D eigenvalue weighted by molar-refractivity contribution is 5.26. The average Bonchev–Trinajstić information content (AvgIpc) is 2.46. The van der Waals surface area contributed by atoms with Gasteiger partial charge in [-0.15, -0.1) is 0 Å². The van der Waals surface area contributed by atoms with Crippen molar-refractivity contribution in [2.75, 3.05) is 27.3 Å². The number of ether oxygens (including phenoxy) is 2. The first-order valence-corrected chi connectivity index (χ1v) is 6.80. The van der Waals surface area contributed by atoms with Crippen molar-refractivity contribution in [3.8, 4) is 11.8 Å². The molecule has 6 heteroatoms. The van der Waals surface area contributed by atoms with Crippen LogP contribution in [0.4, 0.5) is 0 Å². The molecule has 0 radical (unpaired) electrons. The van der Waals surface area contributed by atoms with Crippen LogP contribution in [0.3, 0.4) is 0 Å². The van der Waals surface area contributed by atoms with Gasteiger partial charge in [-0.05, 0) is 26.9 Å². The summed E-state index contributed by atoms with van der Waals surface area (Å²) in [6, 6.07) is 0. The van der Waals surface area contributed by atoms with E-state index in [4.69, 9.17) is 9.47 Å². The summed E-state index contributed by atoms with van der Waals surface area (Å²) in [5.41, 5.74) is -0.0507. The van der Waals surface area contributed by atoms with Gasteiger partial charge in [-0.25, -0.2) is 4.98 Å². The summed E-state index contributed by atoms with van der Waals surface area (Å²) in [5.74, 6) is 0.649. The van der Waals surface area contributed by atoms with Gasteiger partial charge in [0.25, 0.3) is 0 Å². The van der Waals surface area contributed by atoms with Crippen LogP contribution in [0.2, 0.25) is 0 Å². The van der Waals surface area contributed by atoms with Crippen molar-refractivity contribution in [1.82, 2.24) is 14.9 Å². The maximum absolute atomic E-state index is 10.7. The van der Waals surface area contributed by atoms with Gasteiger partial charge in [-0.3, -0.25) is 4.90 Å². The predicted molar refractivity (Wildman–Crippen MR) is 77.1 cm³/mol. The van der Waals surface area contributed by atoms with Gasteiger partial charge in [0.05, 0.1) is 20.4 Å². The zero-order chi connectivity index (χ0) is 15.3. The van der Waals surface area contributed by atoms with Crippen molar-refractivity contribution in [3.63, 3.8) is 0 Å². The zero-order valence-electron chi connectivity index (χ0n) is 13.2. The lowest BCUT2D eigenvalue weighted by molar-refractivity contribution is -0.0103. The lowest BCUT2D eigenvalue weighted by Gasteiger charge is -2.40. The lowest BCUT2D eigenvalue weighted by Crippen LogP contribution is -2.48. The molecule has 1 rings (SSSR count). The van der Waals surface area contributed by atoms with Crippen LogP contribution in [-0.4, -0.2) is 52.8 Å². The minimum Gasteiger partial charge on any atom is -0.480 e. The summed E-state index contributed by atoms with van der Waals surface area (Å²) in [7, 11) is 3.02. The van der Waals surface area contributed by atoms with E-state index in [2.05, 4.69) is 28.7 Å². The quantitative estimate of drug-likeness (QED) is 0.820. The predicted octanol–water partition coefficient (Wildman–Crippen LogP) is 1.65. The average molecular weight is 283 g/mol. The van der Waals surface area contributed by atoms with Gasteiger partial charge in [0.2, 0.25) is 11.8 Å². The Balaban J connectivity index is 3.16. The van der Waals surface area contributed by atoms with Crippen LogP contribution in [-0.2, 0) is 0 Å². The highest BCUT2D eigenvalue weighted by Gasteiger charge is 2.37. The van der Waals surface area contributed by atoms with Crippen LogP contribution < -0.4 is 9.47 Å². The van der Waals surface area contributed by atoms with E-state index in [-0.39, 0.29) is 5.88 Å². The summed E-state index contributed by atoms with van der Waals surface area (Å²) in [6.07, 6.45) is 0.676. The van der Waals surface area contributed by atoms with E-state index in [9.17, 15) is 5.11 Å². The molecule has 1 aromatic heterocycles. The molecule has 0 aliphatic heterocycles. The Morgan fingerprint density at radius 2 is 1.85 bits per heavy atom.